The van der Waals surface area contributed by atoms with Gasteiger partial charge in [-0.15, -0.1) is 0 Å². The van der Waals surface area contributed by atoms with Gasteiger partial charge in [-0.2, -0.15) is 4.31 Å². The Morgan fingerprint density at radius 2 is 1.95 bits per heavy atom. The number of hydrogen-bond acceptors (Lipinski definition) is 3. The molecule has 2 aliphatic rings. The molecule has 4 nitrogen and oxygen atoms in total. The molecule has 1 aromatic carbocycles. The van der Waals surface area contributed by atoms with E-state index in [0.29, 0.717) is 12.5 Å². The smallest absolute Gasteiger partial charge is 0.243 e. The second-order valence-electron chi connectivity index (χ2n) is 5.79. The maximum atomic E-state index is 13.8. The van der Waals surface area contributed by atoms with Crippen molar-refractivity contribution in [3.05, 3.63) is 28.5 Å². The van der Waals surface area contributed by atoms with Crippen molar-refractivity contribution >= 4 is 21.6 Å². The summed E-state index contributed by atoms with van der Waals surface area (Å²) in [4.78, 5) is -0.124. The van der Waals surface area contributed by atoms with Gasteiger partial charge in [0.15, 0.2) is 0 Å². The zero-order chi connectivity index (χ0) is 15.2. The van der Waals surface area contributed by atoms with Crippen molar-refractivity contribution in [2.45, 2.75) is 43.2 Å². The standard InChI is InChI=1S/C14H17ClFNO3S/c15-14-10(8-18)5-12(6-13(14)16)21(19,20)17(11-3-4-11)7-9-1-2-9/h5-6,9,11,18H,1-4,7-8H2. The van der Waals surface area contributed by atoms with Crippen molar-refractivity contribution in [3.8, 4) is 0 Å². The van der Waals surface area contributed by atoms with Gasteiger partial charge in [0, 0.05) is 18.2 Å². The minimum atomic E-state index is -3.74. The Bertz CT molecular complexity index is 656. The molecule has 2 aliphatic carbocycles. The number of aliphatic hydroxyl groups is 1. The number of benzene rings is 1. The number of aliphatic hydroxyl groups excluding tert-OH is 1. The third kappa shape index (κ3) is 3.08. The highest BCUT2D eigenvalue weighted by atomic mass is 35.5. The van der Waals surface area contributed by atoms with Crippen LogP contribution in [0.5, 0.6) is 0 Å². The maximum Gasteiger partial charge on any atom is 0.243 e. The van der Waals surface area contributed by atoms with Crippen LogP contribution >= 0.6 is 11.6 Å². The molecule has 0 saturated heterocycles. The first-order valence-corrected chi connectivity index (χ1v) is 8.86. The van der Waals surface area contributed by atoms with E-state index in [2.05, 4.69) is 0 Å². The van der Waals surface area contributed by atoms with Crippen LogP contribution in [0, 0.1) is 11.7 Å². The van der Waals surface area contributed by atoms with Gasteiger partial charge in [0.1, 0.15) is 5.82 Å². The molecule has 0 aliphatic heterocycles. The second-order valence-corrected chi connectivity index (χ2v) is 8.05. The van der Waals surface area contributed by atoms with Gasteiger partial charge in [0.2, 0.25) is 10.0 Å². The summed E-state index contributed by atoms with van der Waals surface area (Å²) < 4.78 is 40.8. The maximum absolute atomic E-state index is 13.8. The van der Waals surface area contributed by atoms with E-state index in [1.807, 2.05) is 0 Å². The quantitative estimate of drug-likeness (QED) is 0.870. The topological polar surface area (TPSA) is 57.6 Å². The predicted octanol–water partition coefficient (Wildman–Crippen LogP) is 2.53. The minimum absolute atomic E-state index is 0.0342. The van der Waals surface area contributed by atoms with Gasteiger partial charge in [0.25, 0.3) is 0 Å². The van der Waals surface area contributed by atoms with E-state index in [0.717, 1.165) is 31.7 Å². The van der Waals surface area contributed by atoms with Crippen LogP contribution in [-0.2, 0) is 16.6 Å². The van der Waals surface area contributed by atoms with E-state index in [4.69, 9.17) is 11.6 Å². The molecule has 0 bridgehead atoms. The molecule has 0 spiro atoms. The molecule has 2 fully saturated rings. The molecule has 3 rings (SSSR count). The van der Waals surface area contributed by atoms with E-state index in [-0.39, 0.29) is 21.5 Å². The van der Waals surface area contributed by atoms with Gasteiger partial charge < -0.3 is 5.11 Å². The highest BCUT2D eigenvalue weighted by Crippen LogP contribution is 2.38. The molecule has 0 heterocycles. The average Bonchev–Trinajstić information content (AvgIpc) is 3.31. The molecule has 2 saturated carbocycles. The van der Waals surface area contributed by atoms with Crippen molar-refractivity contribution in [2.75, 3.05) is 6.54 Å². The van der Waals surface area contributed by atoms with Crippen molar-refractivity contribution in [1.82, 2.24) is 4.31 Å². The third-order valence-electron chi connectivity index (χ3n) is 3.94. The lowest BCUT2D eigenvalue weighted by Gasteiger charge is -2.22. The number of hydrogen-bond donors (Lipinski definition) is 1. The molecule has 1 aromatic rings. The summed E-state index contributed by atoms with van der Waals surface area (Å²) in [6.45, 7) is 0.0108. The van der Waals surface area contributed by atoms with Crippen molar-refractivity contribution in [2.24, 2.45) is 5.92 Å². The lowest BCUT2D eigenvalue weighted by molar-refractivity contribution is 0.281. The Kier molecular flexibility index (Phi) is 3.98. The summed E-state index contributed by atoms with van der Waals surface area (Å²) in [6.07, 6.45) is 3.81. The van der Waals surface area contributed by atoms with Crippen LogP contribution in [0.2, 0.25) is 5.02 Å². The van der Waals surface area contributed by atoms with Crippen LogP contribution in [0.3, 0.4) is 0 Å². The SMILES string of the molecule is O=S(=O)(c1cc(F)c(Cl)c(CO)c1)N(CC1CC1)C1CC1. The van der Waals surface area contributed by atoms with E-state index < -0.39 is 22.4 Å². The largest absolute Gasteiger partial charge is 0.392 e. The molecular weight excluding hydrogens is 317 g/mol. The summed E-state index contributed by atoms with van der Waals surface area (Å²) in [6, 6.07) is 2.24. The summed E-state index contributed by atoms with van der Waals surface area (Å²) >= 11 is 5.72. The Labute approximate surface area is 128 Å². The molecule has 0 unspecified atom stereocenters. The van der Waals surface area contributed by atoms with Crippen LogP contribution in [-0.4, -0.2) is 30.4 Å². The minimum Gasteiger partial charge on any atom is -0.392 e. The van der Waals surface area contributed by atoms with Crippen LogP contribution in [0.15, 0.2) is 17.0 Å². The third-order valence-corrected chi connectivity index (χ3v) is 6.26. The first kappa shape index (κ1) is 15.2. The number of rotatable bonds is 6. The molecule has 7 heteroatoms. The zero-order valence-corrected chi connectivity index (χ0v) is 13.0. The summed E-state index contributed by atoms with van der Waals surface area (Å²) in [5, 5.41) is 8.96. The molecule has 116 valence electrons. The highest BCUT2D eigenvalue weighted by Gasteiger charge is 2.41. The Morgan fingerprint density at radius 3 is 2.48 bits per heavy atom. The fourth-order valence-electron chi connectivity index (χ4n) is 2.38. The number of sulfonamides is 1. The first-order valence-electron chi connectivity index (χ1n) is 7.04. The lowest BCUT2D eigenvalue weighted by Crippen LogP contribution is -2.35. The fraction of sp³-hybridized carbons (Fsp3) is 0.571. The van der Waals surface area contributed by atoms with Crippen LogP contribution < -0.4 is 0 Å². The predicted molar refractivity (Wildman–Crippen MR) is 77.0 cm³/mol. The first-order chi connectivity index (χ1) is 9.93. The van der Waals surface area contributed by atoms with Gasteiger partial charge in [-0.05, 0) is 43.7 Å². The van der Waals surface area contributed by atoms with Crippen LogP contribution in [0.4, 0.5) is 4.39 Å². The van der Waals surface area contributed by atoms with E-state index in [1.54, 1.807) is 0 Å². The normalized spacial score (nSPS) is 19.2. The van der Waals surface area contributed by atoms with Crippen molar-refractivity contribution < 1.29 is 17.9 Å². The summed E-state index contributed by atoms with van der Waals surface area (Å²) in [5.74, 6) is -0.390. The number of nitrogens with zero attached hydrogens (tertiary/aromatic N) is 1. The molecule has 0 atom stereocenters. The molecule has 21 heavy (non-hydrogen) atoms. The highest BCUT2D eigenvalue weighted by molar-refractivity contribution is 7.89. The van der Waals surface area contributed by atoms with Gasteiger partial charge in [-0.1, -0.05) is 11.6 Å². The van der Waals surface area contributed by atoms with Crippen molar-refractivity contribution in [3.63, 3.8) is 0 Å². The average molecular weight is 334 g/mol. The summed E-state index contributed by atoms with van der Waals surface area (Å²) in [7, 11) is -3.74. The second kappa shape index (κ2) is 5.50. The monoisotopic (exact) mass is 333 g/mol. The van der Waals surface area contributed by atoms with E-state index in [1.165, 1.54) is 10.4 Å². The molecule has 1 N–H and O–H groups in total. The Morgan fingerprint density at radius 1 is 1.29 bits per heavy atom. The van der Waals surface area contributed by atoms with E-state index in [9.17, 15) is 17.9 Å². The lowest BCUT2D eigenvalue weighted by atomic mass is 10.2. The van der Waals surface area contributed by atoms with Gasteiger partial charge in [0.05, 0.1) is 16.5 Å². The Balaban J connectivity index is 1.97. The number of halogens is 2. The molecule has 0 amide bonds. The van der Waals surface area contributed by atoms with E-state index >= 15 is 0 Å². The van der Waals surface area contributed by atoms with Gasteiger partial charge in [-0.25, -0.2) is 12.8 Å². The summed E-state index contributed by atoms with van der Waals surface area (Å²) in [5.41, 5.74) is 0.0948. The van der Waals surface area contributed by atoms with Crippen LogP contribution in [0.1, 0.15) is 31.2 Å². The van der Waals surface area contributed by atoms with Crippen LogP contribution in [0.25, 0.3) is 0 Å². The fourth-order valence-corrected chi connectivity index (χ4v) is 4.37. The van der Waals surface area contributed by atoms with Gasteiger partial charge >= 0.3 is 0 Å². The zero-order valence-electron chi connectivity index (χ0n) is 11.4. The molecule has 0 radical (unpaired) electrons. The molecule has 0 aromatic heterocycles. The molecular formula is C14H17ClFNO3S. The van der Waals surface area contributed by atoms with Gasteiger partial charge in [-0.3, -0.25) is 0 Å². The Hall–Kier alpha value is -0.690. The van der Waals surface area contributed by atoms with Crippen molar-refractivity contribution in [1.29, 1.82) is 0 Å².